The predicted molar refractivity (Wildman–Crippen MR) is 112 cm³/mol. The van der Waals surface area contributed by atoms with Crippen molar-refractivity contribution in [1.82, 2.24) is 19.4 Å². The summed E-state index contributed by atoms with van der Waals surface area (Å²) in [6.07, 6.45) is 5.00. The lowest BCUT2D eigenvalue weighted by molar-refractivity contribution is -0.116. The van der Waals surface area contributed by atoms with E-state index >= 15 is 0 Å². The Labute approximate surface area is 167 Å². The smallest absolute Gasteiger partial charge is 0.244 e. The lowest BCUT2D eigenvalue weighted by Gasteiger charge is -2.17. The van der Waals surface area contributed by atoms with Crippen molar-refractivity contribution in [2.24, 2.45) is 0 Å². The highest BCUT2D eigenvalue weighted by molar-refractivity contribution is 7.88. The molecule has 0 unspecified atom stereocenters. The van der Waals surface area contributed by atoms with E-state index in [0.29, 0.717) is 26.1 Å². The van der Waals surface area contributed by atoms with Crippen molar-refractivity contribution < 1.29 is 13.2 Å². The minimum Gasteiger partial charge on any atom is -0.353 e. The summed E-state index contributed by atoms with van der Waals surface area (Å²) in [5.74, 6) is -0.214. The van der Waals surface area contributed by atoms with E-state index in [-0.39, 0.29) is 5.91 Å². The van der Waals surface area contributed by atoms with E-state index in [4.69, 9.17) is 0 Å². The molecule has 0 radical (unpaired) electrons. The van der Waals surface area contributed by atoms with Gasteiger partial charge in [0.1, 0.15) is 0 Å². The summed E-state index contributed by atoms with van der Waals surface area (Å²) < 4.78 is 26.3. The lowest BCUT2D eigenvalue weighted by atomic mass is 10.2. The standard InChI is InChI=1S/C20H28N4O3S/c1-5-23(28(4,26)27)15-9-14-21-20(25)13-12-19-16(2)22-24(17(19)3)18-10-7-6-8-11-18/h6-8,10-13H,5,9,14-15H2,1-4H3,(H,21,25)/b13-12+. The van der Waals surface area contributed by atoms with Crippen LogP contribution in [0.1, 0.15) is 30.3 Å². The number of para-hydroxylation sites is 1. The first-order valence-corrected chi connectivity index (χ1v) is 11.1. The van der Waals surface area contributed by atoms with Crippen LogP contribution in [0.15, 0.2) is 36.4 Å². The van der Waals surface area contributed by atoms with E-state index in [0.717, 1.165) is 22.6 Å². The summed E-state index contributed by atoms with van der Waals surface area (Å²) in [7, 11) is -3.19. The van der Waals surface area contributed by atoms with Crippen LogP contribution >= 0.6 is 0 Å². The van der Waals surface area contributed by atoms with Gasteiger partial charge in [-0.1, -0.05) is 25.1 Å². The normalized spacial score (nSPS) is 12.0. The van der Waals surface area contributed by atoms with Crippen molar-refractivity contribution >= 4 is 22.0 Å². The second-order valence-electron chi connectivity index (χ2n) is 6.56. The van der Waals surface area contributed by atoms with Gasteiger partial charge in [0.25, 0.3) is 0 Å². The predicted octanol–water partition coefficient (Wildman–Crippen LogP) is 2.29. The van der Waals surface area contributed by atoms with Gasteiger partial charge in [0, 0.05) is 37.0 Å². The highest BCUT2D eigenvalue weighted by Crippen LogP contribution is 2.19. The second kappa shape index (κ2) is 9.66. The van der Waals surface area contributed by atoms with E-state index < -0.39 is 10.0 Å². The largest absolute Gasteiger partial charge is 0.353 e. The third-order valence-corrected chi connectivity index (χ3v) is 5.83. The molecule has 0 spiro atoms. The Morgan fingerprint density at radius 1 is 1.25 bits per heavy atom. The van der Waals surface area contributed by atoms with Gasteiger partial charge in [-0.25, -0.2) is 17.4 Å². The molecule has 8 heteroatoms. The van der Waals surface area contributed by atoms with Gasteiger partial charge >= 0.3 is 0 Å². The van der Waals surface area contributed by atoms with Crippen molar-refractivity contribution in [1.29, 1.82) is 0 Å². The quantitative estimate of drug-likeness (QED) is 0.513. The van der Waals surface area contributed by atoms with Crippen molar-refractivity contribution in [3.63, 3.8) is 0 Å². The van der Waals surface area contributed by atoms with Gasteiger partial charge in [-0.3, -0.25) is 4.79 Å². The number of amides is 1. The minimum atomic E-state index is -3.19. The maximum atomic E-state index is 12.1. The van der Waals surface area contributed by atoms with Crippen LogP contribution in [0.3, 0.4) is 0 Å². The SMILES string of the molecule is CCN(CCCNC(=O)/C=C/c1c(C)nn(-c2ccccc2)c1C)S(C)(=O)=O. The monoisotopic (exact) mass is 404 g/mol. The molecule has 1 aromatic carbocycles. The molecular formula is C20H28N4O3S. The van der Waals surface area contributed by atoms with Crippen LogP contribution < -0.4 is 5.32 Å². The number of carbonyl (C=O) groups excluding carboxylic acids is 1. The minimum absolute atomic E-state index is 0.214. The van der Waals surface area contributed by atoms with Crippen LogP contribution in [0, 0.1) is 13.8 Å². The maximum Gasteiger partial charge on any atom is 0.244 e. The molecule has 0 bridgehead atoms. The van der Waals surface area contributed by atoms with Crippen LogP contribution in [-0.4, -0.2) is 54.3 Å². The number of carbonyl (C=O) groups is 1. The third-order valence-electron chi connectivity index (χ3n) is 4.45. The van der Waals surface area contributed by atoms with Gasteiger partial charge in [-0.15, -0.1) is 0 Å². The topological polar surface area (TPSA) is 84.3 Å². The second-order valence-corrected chi connectivity index (χ2v) is 8.55. The molecule has 0 saturated heterocycles. The van der Waals surface area contributed by atoms with Crippen LogP contribution in [0.2, 0.25) is 0 Å². The Bertz CT molecular complexity index is 934. The maximum absolute atomic E-state index is 12.1. The van der Waals surface area contributed by atoms with Crippen LogP contribution in [0.5, 0.6) is 0 Å². The van der Waals surface area contributed by atoms with Gasteiger partial charge in [-0.2, -0.15) is 5.10 Å². The first-order valence-electron chi connectivity index (χ1n) is 9.26. The molecule has 152 valence electrons. The lowest BCUT2D eigenvalue weighted by Crippen LogP contribution is -2.33. The Hall–Kier alpha value is -2.45. The summed E-state index contributed by atoms with van der Waals surface area (Å²) >= 11 is 0. The molecule has 1 aromatic heterocycles. The fourth-order valence-corrected chi connectivity index (χ4v) is 3.89. The molecule has 28 heavy (non-hydrogen) atoms. The Kier molecular flexibility index (Phi) is 7.53. The molecule has 0 fully saturated rings. The molecule has 0 aliphatic carbocycles. The van der Waals surface area contributed by atoms with Crippen LogP contribution in [0.25, 0.3) is 11.8 Å². The number of benzene rings is 1. The Morgan fingerprint density at radius 2 is 1.93 bits per heavy atom. The fraction of sp³-hybridized carbons (Fsp3) is 0.400. The zero-order valence-electron chi connectivity index (χ0n) is 16.8. The number of aromatic nitrogens is 2. The molecular weight excluding hydrogens is 376 g/mol. The van der Waals surface area contributed by atoms with E-state index in [9.17, 15) is 13.2 Å². The molecule has 1 heterocycles. The molecule has 0 aliphatic heterocycles. The number of rotatable bonds is 9. The van der Waals surface area contributed by atoms with Crippen molar-refractivity contribution in [2.75, 3.05) is 25.9 Å². The molecule has 0 atom stereocenters. The summed E-state index contributed by atoms with van der Waals surface area (Å²) in [6.45, 7) is 6.90. The van der Waals surface area contributed by atoms with Gasteiger partial charge in [-0.05, 0) is 38.5 Å². The number of nitrogens with zero attached hydrogens (tertiary/aromatic N) is 3. The number of sulfonamides is 1. The zero-order valence-corrected chi connectivity index (χ0v) is 17.7. The van der Waals surface area contributed by atoms with Crippen LogP contribution in [0.4, 0.5) is 0 Å². The van der Waals surface area contributed by atoms with Crippen molar-refractivity contribution in [3.05, 3.63) is 53.4 Å². The van der Waals surface area contributed by atoms with Crippen molar-refractivity contribution in [2.45, 2.75) is 27.2 Å². The van der Waals surface area contributed by atoms with E-state index in [1.807, 2.05) is 48.9 Å². The molecule has 1 amide bonds. The number of aryl methyl sites for hydroxylation is 1. The zero-order chi connectivity index (χ0) is 20.7. The molecule has 0 saturated carbocycles. The molecule has 1 N–H and O–H groups in total. The van der Waals surface area contributed by atoms with E-state index in [2.05, 4.69) is 10.4 Å². The first-order chi connectivity index (χ1) is 13.2. The summed E-state index contributed by atoms with van der Waals surface area (Å²) in [4.78, 5) is 12.1. The highest BCUT2D eigenvalue weighted by Gasteiger charge is 2.13. The average molecular weight is 405 g/mol. The summed E-state index contributed by atoms with van der Waals surface area (Å²) in [6, 6.07) is 9.83. The molecule has 2 aromatic rings. The van der Waals surface area contributed by atoms with Crippen molar-refractivity contribution in [3.8, 4) is 5.69 Å². The molecule has 0 aliphatic rings. The summed E-state index contributed by atoms with van der Waals surface area (Å²) in [5.41, 5.74) is 3.68. The Balaban J connectivity index is 1.93. The fourth-order valence-electron chi connectivity index (χ4n) is 2.96. The highest BCUT2D eigenvalue weighted by atomic mass is 32.2. The Morgan fingerprint density at radius 3 is 2.54 bits per heavy atom. The third kappa shape index (κ3) is 5.77. The number of nitrogens with one attached hydrogen (secondary N) is 1. The molecule has 7 nitrogen and oxygen atoms in total. The number of hydrogen-bond acceptors (Lipinski definition) is 4. The summed E-state index contributed by atoms with van der Waals surface area (Å²) in [5, 5.41) is 7.34. The first kappa shape index (κ1) is 21.8. The number of hydrogen-bond donors (Lipinski definition) is 1. The van der Waals surface area contributed by atoms with E-state index in [1.54, 1.807) is 13.0 Å². The van der Waals surface area contributed by atoms with Gasteiger partial charge < -0.3 is 5.32 Å². The van der Waals surface area contributed by atoms with Gasteiger partial charge in [0.2, 0.25) is 15.9 Å². The van der Waals surface area contributed by atoms with E-state index in [1.165, 1.54) is 16.6 Å². The average Bonchev–Trinajstić information content (AvgIpc) is 2.93. The van der Waals surface area contributed by atoms with Crippen LogP contribution in [-0.2, 0) is 14.8 Å². The van der Waals surface area contributed by atoms with Gasteiger partial charge in [0.15, 0.2) is 0 Å². The molecule has 2 rings (SSSR count). The van der Waals surface area contributed by atoms with Gasteiger partial charge in [0.05, 0.1) is 17.6 Å².